The Morgan fingerprint density at radius 1 is 0.778 bits per heavy atom. The maximum absolute atomic E-state index is 12.5. The van der Waals surface area contributed by atoms with E-state index in [2.05, 4.69) is 25.5 Å². The summed E-state index contributed by atoms with van der Waals surface area (Å²) in [7, 11) is 1.28. The molecule has 0 spiro atoms. The van der Waals surface area contributed by atoms with E-state index in [0.29, 0.717) is 11.1 Å². The maximum Gasteiger partial charge on any atom is 0.338 e. The largest absolute Gasteiger partial charge is 0.465 e. The summed E-state index contributed by atoms with van der Waals surface area (Å²) >= 11 is 0. The molecule has 142 valence electrons. The normalized spacial score (nSPS) is 12.2. The number of methoxy groups -OCH3 is 1. The second kappa shape index (κ2) is 8.16. The summed E-state index contributed by atoms with van der Waals surface area (Å²) in [4.78, 5) is 36.2. The summed E-state index contributed by atoms with van der Waals surface area (Å²) in [6.45, 7) is 7.83. The maximum atomic E-state index is 12.5. The highest BCUT2D eigenvalue weighted by molar-refractivity contribution is 6.01. The number of carbonyl (C=O) groups excluding carboxylic acids is 3. The predicted octanol–water partition coefficient (Wildman–Crippen LogP) is 4.20. The Morgan fingerprint density at radius 2 is 1.22 bits per heavy atom. The minimum Gasteiger partial charge on any atom is -0.465 e. The zero-order valence-corrected chi connectivity index (χ0v) is 16.2. The van der Waals surface area contributed by atoms with Gasteiger partial charge < -0.3 is 9.47 Å². The lowest BCUT2D eigenvalue weighted by molar-refractivity contribution is 0.0318. The predicted molar refractivity (Wildman–Crippen MR) is 102 cm³/mol. The van der Waals surface area contributed by atoms with Crippen LogP contribution in [0.15, 0.2) is 48.5 Å². The molecule has 0 aromatic heterocycles. The fourth-order valence-electron chi connectivity index (χ4n) is 2.51. The van der Waals surface area contributed by atoms with Crippen LogP contribution >= 0.6 is 0 Å². The van der Waals surface area contributed by atoms with Gasteiger partial charge in [0.25, 0.3) is 0 Å². The van der Waals surface area contributed by atoms with Crippen molar-refractivity contribution in [2.45, 2.75) is 39.2 Å². The summed E-state index contributed by atoms with van der Waals surface area (Å²) in [5.74, 6) is -1.38. The average molecular weight is 368 g/mol. The van der Waals surface area contributed by atoms with E-state index in [1.165, 1.54) is 31.4 Å². The zero-order chi connectivity index (χ0) is 20.2. The van der Waals surface area contributed by atoms with Crippen LogP contribution in [0.1, 0.15) is 64.3 Å². The van der Waals surface area contributed by atoms with E-state index >= 15 is 0 Å². The van der Waals surface area contributed by atoms with Crippen molar-refractivity contribution >= 4 is 17.7 Å². The fraction of sp³-hybridized carbons (Fsp3) is 0.318. The molecule has 0 aliphatic rings. The first-order valence-electron chi connectivity index (χ1n) is 8.67. The highest BCUT2D eigenvalue weighted by atomic mass is 16.5. The molecule has 2 aromatic carbocycles. The quantitative estimate of drug-likeness (QED) is 0.584. The van der Waals surface area contributed by atoms with Gasteiger partial charge >= 0.3 is 11.9 Å². The van der Waals surface area contributed by atoms with Crippen LogP contribution in [0.25, 0.3) is 0 Å². The molecule has 0 heterocycles. The fourth-order valence-corrected chi connectivity index (χ4v) is 2.51. The van der Waals surface area contributed by atoms with Gasteiger partial charge in [0.15, 0.2) is 6.10 Å². The van der Waals surface area contributed by atoms with E-state index in [4.69, 9.17) is 4.74 Å². The molecule has 0 saturated heterocycles. The number of Topliss-reactive ketones (excluding diaryl/α,β-unsaturated/α-hetero) is 1. The highest BCUT2D eigenvalue weighted by Crippen LogP contribution is 2.22. The standard InChI is InChI=1S/C22H24O5/c1-14(19(23)15-10-12-18(13-11-15)22(2,3)4)27-21(25)17-8-6-16(7-9-17)20(24)26-5/h6-14H,1-5H3/t14-/m0/s1. The minimum absolute atomic E-state index is 0.00395. The molecular weight excluding hydrogens is 344 g/mol. The Bertz CT molecular complexity index is 827. The monoisotopic (exact) mass is 368 g/mol. The van der Waals surface area contributed by atoms with E-state index in [1.54, 1.807) is 19.1 Å². The van der Waals surface area contributed by atoms with Crippen molar-refractivity contribution in [2.75, 3.05) is 7.11 Å². The lowest BCUT2D eigenvalue weighted by Crippen LogP contribution is -2.24. The third-order valence-electron chi connectivity index (χ3n) is 4.23. The van der Waals surface area contributed by atoms with Crippen molar-refractivity contribution in [3.8, 4) is 0 Å². The Morgan fingerprint density at radius 3 is 1.67 bits per heavy atom. The first-order chi connectivity index (χ1) is 12.6. The molecule has 0 amide bonds. The molecule has 0 bridgehead atoms. The van der Waals surface area contributed by atoms with Crippen LogP contribution < -0.4 is 0 Å². The molecule has 27 heavy (non-hydrogen) atoms. The van der Waals surface area contributed by atoms with Gasteiger partial charge in [-0.05, 0) is 42.2 Å². The Balaban J connectivity index is 2.05. The van der Waals surface area contributed by atoms with Gasteiger partial charge in [-0.3, -0.25) is 4.79 Å². The minimum atomic E-state index is -0.918. The molecule has 0 aliphatic heterocycles. The van der Waals surface area contributed by atoms with Gasteiger partial charge in [-0.1, -0.05) is 45.0 Å². The number of ether oxygens (including phenoxy) is 2. The van der Waals surface area contributed by atoms with Crippen LogP contribution in [0, 0.1) is 0 Å². The molecule has 0 unspecified atom stereocenters. The number of benzene rings is 2. The van der Waals surface area contributed by atoms with Crippen LogP contribution in [0.5, 0.6) is 0 Å². The lowest BCUT2D eigenvalue weighted by atomic mass is 9.86. The summed E-state index contributed by atoms with van der Waals surface area (Å²) in [6.07, 6.45) is -0.918. The van der Waals surface area contributed by atoms with E-state index in [9.17, 15) is 14.4 Å². The van der Waals surface area contributed by atoms with Crippen LogP contribution in [0.3, 0.4) is 0 Å². The second-order valence-corrected chi connectivity index (χ2v) is 7.31. The van der Waals surface area contributed by atoms with Crippen LogP contribution in [-0.4, -0.2) is 30.9 Å². The van der Waals surface area contributed by atoms with Crippen molar-refractivity contribution in [3.63, 3.8) is 0 Å². The van der Waals surface area contributed by atoms with Gasteiger partial charge in [0.2, 0.25) is 5.78 Å². The molecule has 2 rings (SSSR count). The van der Waals surface area contributed by atoms with Crippen LogP contribution in [0.4, 0.5) is 0 Å². The summed E-state index contributed by atoms with van der Waals surface area (Å²) in [5, 5.41) is 0. The van der Waals surface area contributed by atoms with Gasteiger partial charge in [0.05, 0.1) is 18.2 Å². The first-order valence-corrected chi connectivity index (χ1v) is 8.67. The smallest absolute Gasteiger partial charge is 0.338 e. The van der Waals surface area contributed by atoms with Gasteiger partial charge in [-0.25, -0.2) is 9.59 Å². The van der Waals surface area contributed by atoms with Gasteiger partial charge in [0.1, 0.15) is 0 Å². The summed E-state index contributed by atoms with van der Waals surface area (Å²) in [6, 6.07) is 13.2. The molecule has 2 aromatic rings. The van der Waals surface area contributed by atoms with Crippen molar-refractivity contribution < 1.29 is 23.9 Å². The molecular formula is C22H24O5. The van der Waals surface area contributed by atoms with Gasteiger partial charge in [-0.15, -0.1) is 0 Å². The van der Waals surface area contributed by atoms with E-state index in [1.807, 2.05) is 12.1 Å². The molecule has 0 saturated carbocycles. The third-order valence-corrected chi connectivity index (χ3v) is 4.23. The molecule has 5 heteroatoms. The molecule has 0 fully saturated rings. The number of esters is 2. The SMILES string of the molecule is COC(=O)c1ccc(C(=O)O[C@@H](C)C(=O)c2ccc(C(C)(C)C)cc2)cc1. The molecule has 0 N–H and O–H groups in total. The van der Waals surface area contributed by atoms with Crippen LogP contribution in [-0.2, 0) is 14.9 Å². The van der Waals surface area contributed by atoms with E-state index in [-0.39, 0.29) is 16.8 Å². The number of carbonyl (C=O) groups is 3. The lowest BCUT2D eigenvalue weighted by Gasteiger charge is -2.19. The number of rotatable bonds is 5. The van der Waals surface area contributed by atoms with E-state index < -0.39 is 18.0 Å². The summed E-state index contributed by atoms with van der Waals surface area (Å²) < 4.78 is 9.88. The number of ketones is 1. The van der Waals surface area contributed by atoms with Crippen molar-refractivity contribution in [2.24, 2.45) is 0 Å². The Kier molecular flexibility index (Phi) is 6.16. The van der Waals surface area contributed by atoms with Gasteiger partial charge in [0, 0.05) is 5.56 Å². The topological polar surface area (TPSA) is 69.7 Å². The second-order valence-electron chi connectivity index (χ2n) is 7.31. The van der Waals surface area contributed by atoms with Crippen molar-refractivity contribution in [1.29, 1.82) is 0 Å². The highest BCUT2D eigenvalue weighted by Gasteiger charge is 2.21. The third kappa shape index (κ3) is 5.03. The van der Waals surface area contributed by atoms with Crippen molar-refractivity contribution in [3.05, 3.63) is 70.8 Å². The number of hydrogen-bond acceptors (Lipinski definition) is 5. The first kappa shape index (κ1) is 20.4. The van der Waals surface area contributed by atoms with Crippen LogP contribution in [0.2, 0.25) is 0 Å². The Hall–Kier alpha value is -2.95. The molecule has 0 aliphatic carbocycles. The molecule has 5 nitrogen and oxygen atoms in total. The molecule has 0 radical (unpaired) electrons. The Labute approximate surface area is 159 Å². The summed E-state index contributed by atoms with van der Waals surface area (Å²) in [5.41, 5.74) is 2.19. The molecule has 1 atom stereocenters. The van der Waals surface area contributed by atoms with Crippen molar-refractivity contribution in [1.82, 2.24) is 0 Å². The average Bonchev–Trinajstić information content (AvgIpc) is 2.66. The van der Waals surface area contributed by atoms with Gasteiger partial charge in [-0.2, -0.15) is 0 Å². The zero-order valence-electron chi connectivity index (χ0n) is 16.2. The number of hydrogen-bond donors (Lipinski definition) is 0. The van der Waals surface area contributed by atoms with E-state index in [0.717, 1.165) is 5.56 Å².